The fourth-order valence-corrected chi connectivity index (χ4v) is 4.79. The maximum absolute atomic E-state index is 12.1. The summed E-state index contributed by atoms with van der Waals surface area (Å²) < 4.78 is 11.1. The number of unbranched alkanes of at least 4 members (excludes halogenated alkanes) is 21. The van der Waals surface area contributed by atoms with Crippen LogP contribution in [0.15, 0.2) is 12.2 Å². The SMILES string of the molecule is CCCCCCC/C=C\CCCCCCCCOCC(CO)OC(=O)CCCCCCCCCCCCC. The molecule has 0 aromatic rings. The summed E-state index contributed by atoms with van der Waals surface area (Å²) in [6.07, 6.45) is 35.2. The molecule has 0 saturated carbocycles. The summed E-state index contributed by atoms with van der Waals surface area (Å²) in [6, 6.07) is 0. The summed E-state index contributed by atoms with van der Waals surface area (Å²) in [6.45, 7) is 5.33. The summed E-state index contributed by atoms with van der Waals surface area (Å²) >= 11 is 0. The van der Waals surface area contributed by atoms with Crippen molar-refractivity contribution in [2.75, 3.05) is 19.8 Å². The molecule has 1 unspecified atom stereocenters. The van der Waals surface area contributed by atoms with Gasteiger partial charge in [0.1, 0.15) is 6.10 Å². The highest BCUT2D eigenvalue weighted by molar-refractivity contribution is 5.69. The number of allylic oxidation sites excluding steroid dienone is 2. The lowest BCUT2D eigenvalue weighted by Gasteiger charge is -2.15. The first-order valence-corrected chi connectivity index (χ1v) is 16.8. The van der Waals surface area contributed by atoms with Gasteiger partial charge in [-0.25, -0.2) is 0 Å². The quantitative estimate of drug-likeness (QED) is 0.0542. The van der Waals surface area contributed by atoms with Crippen molar-refractivity contribution < 1.29 is 19.4 Å². The van der Waals surface area contributed by atoms with E-state index in [-0.39, 0.29) is 12.6 Å². The molecule has 0 aliphatic rings. The minimum absolute atomic E-state index is 0.169. The molecular weight excluding hydrogens is 472 g/mol. The fraction of sp³-hybridized carbons (Fsp3) is 0.912. The van der Waals surface area contributed by atoms with Crippen LogP contribution < -0.4 is 0 Å². The van der Waals surface area contributed by atoms with Crippen LogP contribution in [-0.4, -0.2) is 37.0 Å². The lowest BCUT2D eigenvalue weighted by Crippen LogP contribution is -2.27. The van der Waals surface area contributed by atoms with Crippen molar-refractivity contribution in [1.29, 1.82) is 0 Å². The van der Waals surface area contributed by atoms with E-state index in [1.807, 2.05) is 0 Å². The second-order valence-corrected chi connectivity index (χ2v) is 11.2. The van der Waals surface area contributed by atoms with Crippen molar-refractivity contribution in [1.82, 2.24) is 0 Å². The maximum Gasteiger partial charge on any atom is 0.306 e. The zero-order valence-corrected chi connectivity index (χ0v) is 25.7. The summed E-state index contributed by atoms with van der Waals surface area (Å²) in [5.74, 6) is -0.203. The van der Waals surface area contributed by atoms with Crippen molar-refractivity contribution in [3.05, 3.63) is 12.2 Å². The Hall–Kier alpha value is -0.870. The number of ether oxygens (including phenoxy) is 2. The highest BCUT2D eigenvalue weighted by Crippen LogP contribution is 2.13. The van der Waals surface area contributed by atoms with Gasteiger partial charge in [-0.3, -0.25) is 4.79 Å². The number of hydrogen-bond donors (Lipinski definition) is 1. The first-order chi connectivity index (χ1) is 18.7. The van der Waals surface area contributed by atoms with E-state index in [0.29, 0.717) is 19.6 Å². The van der Waals surface area contributed by atoms with Gasteiger partial charge in [0.15, 0.2) is 0 Å². The van der Waals surface area contributed by atoms with Crippen LogP contribution in [0.3, 0.4) is 0 Å². The topological polar surface area (TPSA) is 55.8 Å². The standard InChI is InChI=1S/C34H66O4/c1-3-5-7-9-11-13-15-16-17-18-20-22-24-26-28-30-37-32-33(31-35)38-34(36)29-27-25-23-21-19-14-12-10-8-6-4-2/h15-16,33,35H,3-14,17-32H2,1-2H3/b16-15-. The van der Waals surface area contributed by atoms with Gasteiger partial charge in [-0.15, -0.1) is 0 Å². The van der Waals surface area contributed by atoms with Crippen molar-refractivity contribution in [2.45, 2.75) is 180 Å². The molecule has 0 aromatic heterocycles. The van der Waals surface area contributed by atoms with Crippen LogP contribution in [-0.2, 0) is 14.3 Å². The molecule has 4 heteroatoms. The highest BCUT2D eigenvalue weighted by Gasteiger charge is 2.13. The number of rotatable bonds is 31. The minimum atomic E-state index is -0.528. The van der Waals surface area contributed by atoms with Gasteiger partial charge in [0.05, 0.1) is 13.2 Å². The van der Waals surface area contributed by atoms with Gasteiger partial charge in [0.2, 0.25) is 0 Å². The first-order valence-electron chi connectivity index (χ1n) is 16.8. The Morgan fingerprint density at radius 3 is 1.50 bits per heavy atom. The Morgan fingerprint density at radius 1 is 0.605 bits per heavy atom. The van der Waals surface area contributed by atoms with E-state index in [1.54, 1.807) is 0 Å². The molecule has 4 nitrogen and oxygen atoms in total. The third-order valence-electron chi connectivity index (χ3n) is 7.34. The largest absolute Gasteiger partial charge is 0.457 e. The second kappa shape index (κ2) is 32.3. The zero-order chi connectivity index (χ0) is 27.8. The molecule has 0 aliphatic carbocycles. The van der Waals surface area contributed by atoms with E-state index < -0.39 is 6.10 Å². The number of aliphatic hydroxyl groups excluding tert-OH is 1. The Labute approximate surface area is 237 Å². The summed E-state index contributed by atoms with van der Waals surface area (Å²) in [5, 5.41) is 9.51. The third-order valence-corrected chi connectivity index (χ3v) is 7.34. The van der Waals surface area contributed by atoms with Gasteiger partial charge in [0, 0.05) is 13.0 Å². The van der Waals surface area contributed by atoms with Crippen LogP contribution >= 0.6 is 0 Å². The molecule has 0 rings (SSSR count). The van der Waals surface area contributed by atoms with Gasteiger partial charge >= 0.3 is 5.97 Å². The van der Waals surface area contributed by atoms with Gasteiger partial charge in [-0.2, -0.15) is 0 Å². The summed E-state index contributed by atoms with van der Waals surface area (Å²) in [7, 11) is 0. The van der Waals surface area contributed by atoms with Gasteiger partial charge < -0.3 is 14.6 Å². The molecule has 38 heavy (non-hydrogen) atoms. The van der Waals surface area contributed by atoms with Gasteiger partial charge in [-0.1, -0.05) is 142 Å². The highest BCUT2D eigenvalue weighted by atomic mass is 16.6. The molecule has 0 aromatic carbocycles. The zero-order valence-electron chi connectivity index (χ0n) is 25.7. The lowest BCUT2D eigenvalue weighted by atomic mass is 10.1. The molecular formula is C34H66O4. The van der Waals surface area contributed by atoms with E-state index >= 15 is 0 Å². The average molecular weight is 539 g/mol. The van der Waals surface area contributed by atoms with E-state index in [0.717, 1.165) is 19.3 Å². The van der Waals surface area contributed by atoms with Crippen molar-refractivity contribution >= 4 is 5.97 Å². The number of aliphatic hydroxyl groups is 1. The molecule has 0 aliphatic heterocycles. The molecule has 1 atom stereocenters. The van der Waals surface area contributed by atoms with Crippen LogP contribution in [0.25, 0.3) is 0 Å². The van der Waals surface area contributed by atoms with Crippen LogP contribution in [0.4, 0.5) is 0 Å². The third kappa shape index (κ3) is 29.7. The number of hydrogen-bond acceptors (Lipinski definition) is 4. The minimum Gasteiger partial charge on any atom is -0.457 e. The maximum atomic E-state index is 12.1. The Balaban J connectivity index is 3.43. The molecule has 0 fully saturated rings. The van der Waals surface area contributed by atoms with E-state index in [4.69, 9.17) is 9.47 Å². The molecule has 0 amide bonds. The Morgan fingerprint density at radius 2 is 1.03 bits per heavy atom. The van der Waals surface area contributed by atoms with Gasteiger partial charge in [0.25, 0.3) is 0 Å². The molecule has 0 saturated heterocycles. The van der Waals surface area contributed by atoms with E-state index in [2.05, 4.69) is 26.0 Å². The van der Waals surface area contributed by atoms with Crippen molar-refractivity contribution in [3.63, 3.8) is 0 Å². The van der Waals surface area contributed by atoms with Gasteiger partial charge in [-0.05, 0) is 38.5 Å². The number of carbonyl (C=O) groups excluding carboxylic acids is 1. The first kappa shape index (κ1) is 37.1. The van der Waals surface area contributed by atoms with Crippen molar-refractivity contribution in [3.8, 4) is 0 Å². The average Bonchev–Trinajstić information content (AvgIpc) is 2.92. The van der Waals surface area contributed by atoms with E-state index in [1.165, 1.54) is 135 Å². The Bertz CT molecular complexity index is 491. The molecule has 226 valence electrons. The van der Waals surface area contributed by atoms with Crippen LogP contribution in [0, 0.1) is 0 Å². The second-order valence-electron chi connectivity index (χ2n) is 11.2. The number of carbonyl (C=O) groups is 1. The number of esters is 1. The molecule has 1 N–H and O–H groups in total. The fourth-order valence-electron chi connectivity index (χ4n) is 4.79. The molecule has 0 radical (unpaired) electrons. The van der Waals surface area contributed by atoms with Crippen molar-refractivity contribution in [2.24, 2.45) is 0 Å². The van der Waals surface area contributed by atoms with Crippen LogP contribution in [0.1, 0.15) is 174 Å². The Kier molecular flexibility index (Phi) is 31.6. The predicted molar refractivity (Wildman–Crippen MR) is 164 cm³/mol. The van der Waals surface area contributed by atoms with Crippen LogP contribution in [0.2, 0.25) is 0 Å². The lowest BCUT2D eigenvalue weighted by molar-refractivity contribution is -0.154. The normalized spacial score (nSPS) is 12.4. The summed E-state index contributed by atoms with van der Waals surface area (Å²) in [5.41, 5.74) is 0. The molecule has 0 spiro atoms. The monoisotopic (exact) mass is 538 g/mol. The van der Waals surface area contributed by atoms with Crippen LogP contribution in [0.5, 0.6) is 0 Å². The molecule has 0 heterocycles. The summed E-state index contributed by atoms with van der Waals surface area (Å²) in [4.78, 5) is 12.1. The van der Waals surface area contributed by atoms with E-state index in [9.17, 15) is 9.90 Å². The molecule has 0 bridgehead atoms. The predicted octanol–water partition coefficient (Wildman–Crippen LogP) is 10.3. The smallest absolute Gasteiger partial charge is 0.306 e.